The van der Waals surface area contributed by atoms with Crippen LogP contribution in [0.3, 0.4) is 0 Å². The molecule has 0 aliphatic carbocycles. The molecule has 0 atom stereocenters. The van der Waals surface area contributed by atoms with Gasteiger partial charge in [-0.05, 0) is 48.5 Å². The van der Waals surface area contributed by atoms with Gasteiger partial charge in [0.2, 0.25) is 0 Å². The number of nitrogens with one attached hydrogen (secondary N) is 1. The van der Waals surface area contributed by atoms with Crippen LogP contribution in [0.2, 0.25) is 0 Å². The fraction of sp³-hybridized carbons (Fsp3) is 0.0800. The van der Waals surface area contributed by atoms with E-state index in [0.29, 0.717) is 11.3 Å². The minimum absolute atomic E-state index is 0.223. The van der Waals surface area contributed by atoms with Crippen molar-refractivity contribution in [1.29, 1.82) is 0 Å². The minimum Gasteiger partial charge on any atom is -0.496 e. The topological polar surface area (TPSA) is 86.6 Å². The summed E-state index contributed by atoms with van der Waals surface area (Å²) < 4.78 is 25.6. The summed E-state index contributed by atoms with van der Waals surface area (Å²) >= 11 is 0. The second-order valence-electron chi connectivity index (χ2n) is 7.14. The number of aryl methyl sites for hydroxylation is 1. The predicted molar refractivity (Wildman–Crippen MR) is 121 cm³/mol. The fourth-order valence-electron chi connectivity index (χ4n) is 3.45. The zero-order chi connectivity index (χ0) is 23.5. The zero-order valence-electron chi connectivity index (χ0n) is 17.8. The molecule has 1 heterocycles. The predicted octanol–water partition coefficient (Wildman–Crippen LogP) is 4.16. The first-order valence-corrected chi connectivity index (χ1v) is 9.94. The van der Waals surface area contributed by atoms with E-state index in [1.54, 1.807) is 48.5 Å². The molecule has 166 valence electrons. The largest absolute Gasteiger partial charge is 0.496 e. The van der Waals surface area contributed by atoms with Gasteiger partial charge in [-0.15, -0.1) is 0 Å². The van der Waals surface area contributed by atoms with Gasteiger partial charge >= 0.3 is 5.97 Å². The van der Waals surface area contributed by atoms with Gasteiger partial charge in [-0.3, -0.25) is 9.59 Å². The van der Waals surface area contributed by atoms with Crippen molar-refractivity contribution >= 4 is 28.5 Å². The number of hydrogen-bond acceptors (Lipinski definition) is 5. The molecule has 1 aromatic heterocycles. The number of ether oxygens (including phenoxy) is 2. The van der Waals surface area contributed by atoms with Gasteiger partial charge in [0, 0.05) is 12.7 Å². The molecule has 33 heavy (non-hydrogen) atoms. The molecule has 0 unspecified atom stereocenters. The molecule has 0 fully saturated rings. The highest BCUT2D eigenvalue weighted by Crippen LogP contribution is 2.36. The molecule has 4 aromatic rings. The van der Waals surface area contributed by atoms with E-state index in [0.717, 1.165) is 0 Å². The lowest BCUT2D eigenvalue weighted by Crippen LogP contribution is -2.30. The van der Waals surface area contributed by atoms with Crippen LogP contribution in [0.15, 0.2) is 77.6 Å². The number of anilines is 1. The van der Waals surface area contributed by atoms with Gasteiger partial charge in [0.05, 0.1) is 23.6 Å². The lowest BCUT2D eigenvalue weighted by atomic mass is 10.1. The van der Waals surface area contributed by atoms with E-state index >= 15 is 0 Å². The van der Waals surface area contributed by atoms with Crippen LogP contribution in [0.1, 0.15) is 20.7 Å². The molecule has 0 saturated heterocycles. The highest BCUT2D eigenvalue weighted by atomic mass is 19.1. The van der Waals surface area contributed by atoms with Gasteiger partial charge in [-0.2, -0.15) is 0 Å². The number of rotatable bonds is 5. The lowest BCUT2D eigenvalue weighted by molar-refractivity contribution is 0.0734. The van der Waals surface area contributed by atoms with Gasteiger partial charge in [-0.25, -0.2) is 9.18 Å². The normalized spacial score (nSPS) is 10.6. The number of esters is 1. The summed E-state index contributed by atoms with van der Waals surface area (Å²) in [6, 6.07) is 18.2. The molecule has 0 aliphatic heterocycles. The molecule has 8 heteroatoms. The van der Waals surface area contributed by atoms with Crippen LogP contribution >= 0.6 is 0 Å². The number of aromatic nitrogens is 1. The van der Waals surface area contributed by atoms with Crippen molar-refractivity contribution in [3.63, 3.8) is 0 Å². The number of amides is 1. The van der Waals surface area contributed by atoms with Crippen LogP contribution in [0, 0.1) is 5.82 Å². The Morgan fingerprint density at radius 1 is 0.939 bits per heavy atom. The van der Waals surface area contributed by atoms with E-state index in [9.17, 15) is 18.8 Å². The van der Waals surface area contributed by atoms with Gasteiger partial charge in [-0.1, -0.05) is 24.3 Å². The number of carbonyl (C=O) groups excluding carboxylic acids is 2. The van der Waals surface area contributed by atoms with Crippen LogP contribution in [-0.2, 0) is 7.05 Å². The second-order valence-corrected chi connectivity index (χ2v) is 7.14. The second kappa shape index (κ2) is 8.96. The van der Waals surface area contributed by atoms with E-state index in [2.05, 4.69) is 5.32 Å². The number of methoxy groups -OCH3 is 1. The molecule has 0 bridgehead atoms. The van der Waals surface area contributed by atoms with Crippen molar-refractivity contribution < 1.29 is 23.5 Å². The summed E-state index contributed by atoms with van der Waals surface area (Å²) in [5.74, 6) is -1.94. The minimum atomic E-state index is -0.814. The van der Waals surface area contributed by atoms with E-state index < -0.39 is 23.3 Å². The molecule has 0 aliphatic rings. The molecule has 4 rings (SSSR count). The van der Waals surface area contributed by atoms with Crippen molar-refractivity contribution in [2.45, 2.75) is 0 Å². The molecule has 1 amide bonds. The Kier molecular flexibility index (Phi) is 5.91. The first kappa shape index (κ1) is 21.8. The Labute approximate surface area is 188 Å². The molecular weight excluding hydrogens is 427 g/mol. The van der Waals surface area contributed by atoms with E-state index in [4.69, 9.17) is 9.47 Å². The van der Waals surface area contributed by atoms with Gasteiger partial charge < -0.3 is 19.4 Å². The third-order valence-electron chi connectivity index (χ3n) is 5.09. The number of halogens is 1. The molecule has 3 aromatic carbocycles. The molecular formula is C25H19FN2O5. The van der Waals surface area contributed by atoms with E-state index in [1.165, 1.54) is 43.0 Å². The van der Waals surface area contributed by atoms with Crippen molar-refractivity contribution in [3.05, 3.63) is 100 Å². The van der Waals surface area contributed by atoms with Crippen molar-refractivity contribution in [2.75, 3.05) is 12.4 Å². The quantitative estimate of drug-likeness (QED) is 0.466. The number of fused-ring (bicyclic) bond motifs is 1. The molecule has 7 nitrogen and oxygen atoms in total. The van der Waals surface area contributed by atoms with Crippen molar-refractivity contribution in [3.8, 4) is 11.5 Å². The van der Waals surface area contributed by atoms with Crippen LogP contribution < -0.4 is 20.3 Å². The smallest absolute Gasteiger partial charge is 0.343 e. The number of benzene rings is 3. The number of carbonyl (C=O) groups is 2. The third-order valence-corrected chi connectivity index (χ3v) is 5.09. The van der Waals surface area contributed by atoms with Crippen LogP contribution in [0.25, 0.3) is 10.9 Å². The first-order chi connectivity index (χ1) is 15.9. The third kappa shape index (κ3) is 4.18. The summed E-state index contributed by atoms with van der Waals surface area (Å²) in [4.78, 5) is 39.3. The van der Waals surface area contributed by atoms with Crippen LogP contribution in [0.4, 0.5) is 10.1 Å². The van der Waals surface area contributed by atoms with Crippen LogP contribution in [0.5, 0.6) is 11.5 Å². The van der Waals surface area contributed by atoms with Crippen LogP contribution in [-0.4, -0.2) is 23.6 Å². The molecule has 0 radical (unpaired) electrons. The van der Waals surface area contributed by atoms with Gasteiger partial charge in [0.15, 0.2) is 5.75 Å². The van der Waals surface area contributed by atoms with E-state index in [-0.39, 0.29) is 28.0 Å². The summed E-state index contributed by atoms with van der Waals surface area (Å²) in [5, 5.41) is 2.85. The lowest BCUT2D eigenvalue weighted by Gasteiger charge is -2.17. The maximum atomic E-state index is 13.3. The maximum absolute atomic E-state index is 13.3. The average Bonchev–Trinajstić information content (AvgIpc) is 2.83. The Balaban J connectivity index is 1.92. The van der Waals surface area contributed by atoms with E-state index in [1.807, 2.05) is 0 Å². The summed E-state index contributed by atoms with van der Waals surface area (Å²) in [6.45, 7) is 0. The summed E-state index contributed by atoms with van der Waals surface area (Å²) in [7, 11) is 2.93. The zero-order valence-corrected chi connectivity index (χ0v) is 17.8. The Bertz CT molecular complexity index is 1410. The highest BCUT2D eigenvalue weighted by Gasteiger charge is 2.27. The maximum Gasteiger partial charge on any atom is 0.343 e. The average molecular weight is 446 g/mol. The SMILES string of the molecule is COc1cccc2c1c(OC(=O)c1ccccc1)c(C(=O)Nc1ccc(F)cc1)c(=O)n2C. The number of hydrogen-bond donors (Lipinski definition) is 1. The highest BCUT2D eigenvalue weighted by molar-refractivity contribution is 6.11. The standard InChI is InChI=1S/C25H19FN2O5/c1-28-18-9-6-10-19(32-2)20(18)22(33-25(31)15-7-4-3-5-8-15)21(24(28)30)23(29)27-17-13-11-16(26)12-14-17/h3-14H,1-2H3,(H,27,29). The number of nitrogens with zero attached hydrogens (tertiary/aromatic N) is 1. The number of pyridine rings is 1. The molecule has 0 spiro atoms. The summed E-state index contributed by atoms with van der Waals surface area (Å²) in [6.07, 6.45) is 0. The summed E-state index contributed by atoms with van der Waals surface area (Å²) in [5.41, 5.74) is -0.141. The van der Waals surface area contributed by atoms with Gasteiger partial charge in [0.1, 0.15) is 17.1 Å². The molecule has 1 N–H and O–H groups in total. The van der Waals surface area contributed by atoms with Gasteiger partial charge in [0.25, 0.3) is 11.5 Å². The fourth-order valence-corrected chi connectivity index (χ4v) is 3.45. The van der Waals surface area contributed by atoms with Crippen molar-refractivity contribution in [2.24, 2.45) is 7.05 Å². The first-order valence-electron chi connectivity index (χ1n) is 9.94. The Morgan fingerprint density at radius 2 is 1.64 bits per heavy atom. The van der Waals surface area contributed by atoms with Crippen molar-refractivity contribution in [1.82, 2.24) is 4.57 Å². The molecule has 0 saturated carbocycles. The Morgan fingerprint density at radius 3 is 2.30 bits per heavy atom. The monoisotopic (exact) mass is 446 g/mol. The Hall–Kier alpha value is -4.46.